The van der Waals surface area contributed by atoms with Crippen molar-refractivity contribution in [1.82, 2.24) is 4.90 Å². The van der Waals surface area contributed by atoms with Gasteiger partial charge in [-0.2, -0.15) is 0 Å². The highest BCUT2D eigenvalue weighted by Gasteiger charge is 2.19. The van der Waals surface area contributed by atoms with E-state index in [0.717, 1.165) is 16.3 Å². The topological polar surface area (TPSA) is 64.8 Å². The zero-order valence-electron chi connectivity index (χ0n) is 14.4. The summed E-state index contributed by atoms with van der Waals surface area (Å²) in [5, 5.41) is 2.29. The first-order valence-electron chi connectivity index (χ1n) is 8.37. The first-order chi connectivity index (χ1) is 11.7. The summed E-state index contributed by atoms with van der Waals surface area (Å²) >= 11 is 0. The Morgan fingerprint density at radius 2 is 1.75 bits per heavy atom. The van der Waals surface area contributed by atoms with Gasteiger partial charge in [-0.05, 0) is 30.2 Å². The molecule has 0 aliphatic rings. The fraction of sp³-hybridized carbons (Fsp3) is 0.421. The van der Waals surface area contributed by atoms with Gasteiger partial charge >= 0.3 is 0 Å². The fourth-order valence-corrected chi connectivity index (χ4v) is 2.72. The van der Waals surface area contributed by atoms with Crippen LogP contribution >= 0.6 is 0 Å². The Balaban J connectivity index is 2.23. The molecule has 2 aromatic rings. The Kier molecular flexibility index (Phi) is 7.18. The first kappa shape index (κ1) is 18.4. The van der Waals surface area contributed by atoms with Crippen LogP contribution in [0, 0.1) is 0 Å². The molecule has 130 valence electrons. The Bertz CT molecular complexity index is 649. The van der Waals surface area contributed by atoms with Gasteiger partial charge in [-0.15, -0.1) is 0 Å². The number of fused-ring (bicyclic) bond motifs is 1. The minimum atomic E-state index is -0.439. The van der Waals surface area contributed by atoms with Crippen molar-refractivity contribution in [2.24, 2.45) is 5.73 Å². The second-order valence-corrected chi connectivity index (χ2v) is 5.46. The van der Waals surface area contributed by atoms with E-state index in [-0.39, 0.29) is 12.5 Å². The second-order valence-electron chi connectivity index (χ2n) is 5.46. The van der Waals surface area contributed by atoms with Crippen LogP contribution in [0.1, 0.15) is 19.4 Å². The molecule has 2 rings (SSSR count). The second kappa shape index (κ2) is 9.37. The summed E-state index contributed by atoms with van der Waals surface area (Å²) in [5.41, 5.74) is 6.67. The number of amides is 1. The Morgan fingerprint density at radius 1 is 1.08 bits per heavy atom. The summed E-state index contributed by atoms with van der Waals surface area (Å²) in [6.07, 6.45) is -0.439. The third kappa shape index (κ3) is 4.77. The molecule has 0 aliphatic heterocycles. The lowest BCUT2D eigenvalue weighted by Gasteiger charge is -2.27. The summed E-state index contributed by atoms with van der Waals surface area (Å²) < 4.78 is 11.2. The zero-order chi connectivity index (χ0) is 17.4. The van der Waals surface area contributed by atoms with Gasteiger partial charge in [-0.25, -0.2) is 0 Å². The summed E-state index contributed by atoms with van der Waals surface area (Å²) in [6, 6.07) is 14.3. The van der Waals surface area contributed by atoms with Gasteiger partial charge in [0, 0.05) is 19.8 Å². The van der Waals surface area contributed by atoms with Crippen molar-refractivity contribution >= 4 is 16.7 Å². The Morgan fingerprint density at radius 3 is 2.42 bits per heavy atom. The van der Waals surface area contributed by atoms with Crippen LogP contribution in [0.2, 0.25) is 0 Å². The molecule has 0 aliphatic carbocycles. The van der Waals surface area contributed by atoms with Crippen LogP contribution in [0.15, 0.2) is 42.5 Å². The molecule has 0 unspecified atom stereocenters. The highest BCUT2D eigenvalue weighted by Crippen LogP contribution is 2.20. The lowest BCUT2D eigenvalue weighted by molar-refractivity contribution is -0.159. The molecule has 0 bridgehead atoms. The molecule has 0 radical (unpaired) electrons. The summed E-state index contributed by atoms with van der Waals surface area (Å²) in [6.45, 7) is 5.69. The van der Waals surface area contributed by atoms with E-state index >= 15 is 0 Å². The lowest BCUT2D eigenvalue weighted by Crippen LogP contribution is -2.42. The molecule has 0 spiro atoms. The number of nitrogens with two attached hydrogens (primary N) is 1. The van der Waals surface area contributed by atoms with Crippen LogP contribution in [0.4, 0.5) is 0 Å². The molecule has 0 atom stereocenters. The molecule has 0 saturated heterocycles. The molecule has 0 fully saturated rings. The molecule has 0 saturated carbocycles. The summed E-state index contributed by atoms with van der Waals surface area (Å²) in [5.74, 6) is -0.118. The van der Waals surface area contributed by atoms with E-state index in [0.29, 0.717) is 26.3 Å². The van der Waals surface area contributed by atoms with Gasteiger partial charge < -0.3 is 20.1 Å². The maximum absolute atomic E-state index is 12.3. The molecule has 2 aromatic carbocycles. The monoisotopic (exact) mass is 330 g/mol. The van der Waals surface area contributed by atoms with Gasteiger partial charge in [0.1, 0.15) is 0 Å². The number of hydrogen-bond acceptors (Lipinski definition) is 4. The smallest absolute Gasteiger partial charge is 0.236 e. The van der Waals surface area contributed by atoms with Crippen LogP contribution in [0.5, 0.6) is 0 Å². The number of benzene rings is 2. The molecule has 0 aromatic heterocycles. The molecule has 24 heavy (non-hydrogen) atoms. The van der Waals surface area contributed by atoms with Crippen LogP contribution in [-0.4, -0.2) is 43.4 Å². The zero-order valence-corrected chi connectivity index (χ0v) is 14.4. The van der Waals surface area contributed by atoms with Crippen molar-refractivity contribution in [2.75, 3.05) is 26.3 Å². The molecule has 5 nitrogen and oxygen atoms in total. The van der Waals surface area contributed by atoms with Crippen molar-refractivity contribution < 1.29 is 14.3 Å². The number of carbonyl (C=O) groups is 1. The highest BCUT2D eigenvalue weighted by molar-refractivity contribution is 5.86. The van der Waals surface area contributed by atoms with Gasteiger partial charge in [0.2, 0.25) is 5.91 Å². The molecular weight excluding hydrogens is 304 g/mol. The van der Waals surface area contributed by atoms with E-state index in [1.54, 1.807) is 4.90 Å². The largest absolute Gasteiger partial charge is 0.351 e. The van der Waals surface area contributed by atoms with E-state index in [2.05, 4.69) is 18.2 Å². The van der Waals surface area contributed by atoms with Crippen molar-refractivity contribution in [1.29, 1.82) is 0 Å². The standard InChI is InChI=1S/C19H26N2O3/c1-3-23-19(24-4-2)14-21(18(22)12-20)13-16-10-7-9-15-8-5-6-11-17(15)16/h5-11,19H,3-4,12-14,20H2,1-2H3. The summed E-state index contributed by atoms with van der Waals surface area (Å²) in [4.78, 5) is 14.0. The average Bonchev–Trinajstić information content (AvgIpc) is 2.61. The van der Waals surface area contributed by atoms with Crippen LogP contribution in [0.3, 0.4) is 0 Å². The van der Waals surface area contributed by atoms with Gasteiger partial charge in [-0.1, -0.05) is 42.5 Å². The van der Waals surface area contributed by atoms with Crippen LogP contribution < -0.4 is 5.73 Å². The van der Waals surface area contributed by atoms with Crippen LogP contribution in [-0.2, 0) is 20.8 Å². The number of rotatable bonds is 9. The van der Waals surface area contributed by atoms with Crippen LogP contribution in [0.25, 0.3) is 10.8 Å². The third-order valence-electron chi connectivity index (χ3n) is 3.84. The predicted molar refractivity (Wildman–Crippen MR) is 95.5 cm³/mol. The molecule has 1 amide bonds. The minimum Gasteiger partial charge on any atom is -0.351 e. The lowest BCUT2D eigenvalue weighted by atomic mass is 10.0. The maximum atomic E-state index is 12.3. The van der Waals surface area contributed by atoms with Gasteiger partial charge in [0.15, 0.2) is 6.29 Å². The quantitative estimate of drug-likeness (QED) is 0.718. The van der Waals surface area contributed by atoms with Gasteiger partial charge in [-0.3, -0.25) is 4.79 Å². The average molecular weight is 330 g/mol. The third-order valence-corrected chi connectivity index (χ3v) is 3.84. The number of hydrogen-bond donors (Lipinski definition) is 1. The van der Waals surface area contributed by atoms with Crippen molar-refractivity contribution in [3.63, 3.8) is 0 Å². The van der Waals surface area contributed by atoms with E-state index in [9.17, 15) is 4.79 Å². The van der Waals surface area contributed by atoms with Crippen molar-refractivity contribution in [3.8, 4) is 0 Å². The molecule has 2 N–H and O–H groups in total. The number of ether oxygens (including phenoxy) is 2. The van der Waals surface area contributed by atoms with Gasteiger partial charge in [0.25, 0.3) is 0 Å². The van der Waals surface area contributed by atoms with Crippen molar-refractivity contribution in [2.45, 2.75) is 26.7 Å². The Labute approximate surface area is 143 Å². The normalized spacial score (nSPS) is 11.2. The highest BCUT2D eigenvalue weighted by atomic mass is 16.7. The maximum Gasteiger partial charge on any atom is 0.236 e. The predicted octanol–water partition coefficient (Wildman–Crippen LogP) is 2.53. The molecule has 0 heterocycles. The minimum absolute atomic E-state index is 0.0320. The van der Waals surface area contributed by atoms with E-state index in [1.165, 1.54) is 0 Å². The van der Waals surface area contributed by atoms with E-state index in [1.807, 2.05) is 38.1 Å². The number of nitrogens with zero attached hydrogens (tertiary/aromatic N) is 1. The fourth-order valence-electron chi connectivity index (χ4n) is 2.72. The molecule has 5 heteroatoms. The first-order valence-corrected chi connectivity index (χ1v) is 8.37. The SMILES string of the molecule is CCOC(CN(Cc1cccc2ccccc12)C(=O)CN)OCC. The molecular formula is C19H26N2O3. The summed E-state index contributed by atoms with van der Waals surface area (Å²) in [7, 11) is 0. The van der Waals surface area contributed by atoms with E-state index in [4.69, 9.17) is 15.2 Å². The van der Waals surface area contributed by atoms with Gasteiger partial charge in [0.05, 0.1) is 13.1 Å². The Hall–Kier alpha value is -1.95. The van der Waals surface area contributed by atoms with Crippen molar-refractivity contribution in [3.05, 3.63) is 48.0 Å². The number of carbonyl (C=O) groups excluding carboxylic acids is 1. The van der Waals surface area contributed by atoms with E-state index < -0.39 is 6.29 Å².